The number of carbonyl (C=O) groups is 1. The molecule has 3 nitrogen and oxygen atoms in total. The average molecular weight is 202 g/mol. The lowest BCUT2D eigenvalue weighted by molar-refractivity contribution is -0.162. The number of nitriles is 1. The molecule has 0 saturated carbocycles. The van der Waals surface area contributed by atoms with Crippen molar-refractivity contribution in [1.29, 1.82) is 5.26 Å². The van der Waals surface area contributed by atoms with Crippen LogP contribution in [0.25, 0.3) is 0 Å². The van der Waals surface area contributed by atoms with Gasteiger partial charge in [-0.1, -0.05) is 11.6 Å². The normalized spacial score (nSPS) is 16.0. The molecule has 0 amide bonds. The summed E-state index contributed by atoms with van der Waals surface area (Å²) in [6, 6.07) is 0.256. The highest BCUT2D eigenvalue weighted by atomic mass is 35.5. The second kappa shape index (κ2) is 3.19. The number of ether oxygens (including phenoxy) is 1. The Morgan fingerprint density at radius 3 is 2.25 bits per heavy atom. The SMILES string of the molecule is COC(=O)C(F)(Cl)C(F)(F)C#N. The van der Waals surface area contributed by atoms with Crippen LogP contribution in [0.1, 0.15) is 0 Å². The summed E-state index contributed by atoms with van der Waals surface area (Å²) in [6.07, 6.45) is 0. The molecule has 0 aliphatic rings. The number of carbonyl (C=O) groups excluding carboxylic acids is 1. The fraction of sp³-hybridized carbons (Fsp3) is 0.600. The first kappa shape index (κ1) is 11.0. The maximum absolute atomic E-state index is 12.6. The van der Waals surface area contributed by atoms with Gasteiger partial charge >= 0.3 is 17.0 Å². The molecule has 0 aliphatic carbocycles. The molecular weight excluding hydrogens is 199 g/mol. The van der Waals surface area contributed by atoms with E-state index in [0.717, 1.165) is 0 Å². The van der Waals surface area contributed by atoms with Crippen LogP contribution in [0.3, 0.4) is 0 Å². The third kappa shape index (κ3) is 1.61. The van der Waals surface area contributed by atoms with Crippen LogP contribution in [-0.4, -0.2) is 24.1 Å². The molecule has 0 aromatic carbocycles. The number of hydrogen-bond donors (Lipinski definition) is 0. The first-order valence-corrected chi connectivity index (χ1v) is 2.92. The van der Waals surface area contributed by atoms with Crippen molar-refractivity contribution in [3.8, 4) is 6.07 Å². The third-order valence-corrected chi connectivity index (χ3v) is 1.37. The van der Waals surface area contributed by atoms with Gasteiger partial charge in [-0.2, -0.15) is 14.0 Å². The van der Waals surface area contributed by atoms with Crippen molar-refractivity contribution in [2.45, 2.75) is 11.1 Å². The molecule has 0 radical (unpaired) electrons. The van der Waals surface area contributed by atoms with E-state index in [-0.39, 0.29) is 6.07 Å². The minimum Gasteiger partial charge on any atom is -0.465 e. The Morgan fingerprint density at radius 2 is 2.00 bits per heavy atom. The lowest BCUT2D eigenvalue weighted by atomic mass is 10.2. The maximum atomic E-state index is 12.6. The summed E-state index contributed by atoms with van der Waals surface area (Å²) in [5, 5.41) is 3.61. The van der Waals surface area contributed by atoms with Crippen molar-refractivity contribution >= 4 is 17.6 Å². The zero-order chi connectivity index (χ0) is 9.99. The summed E-state index contributed by atoms with van der Waals surface area (Å²) in [7, 11) is 0.673. The molecule has 0 aliphatic heterocycles. The van der Waals surface area contributed by atoms with Gasteiger partial charge in [-0.25, -0.2) is 9.18 Å². The highest BCUT2D eigenvalue weighted by Gasteiger charge is 2.61. The smallest absolute Gasteiger partial charge is 0.390 e. The van der Waals surface area contributed by atoms with E-state index in [1.807, 2.05) is 0 Å². The van der Waals surface area contributed by atoms with Crippen molar-refractivity contribution < 1.29 is 22.7 Å². The van der Waals surface area contributed by atoms with Gasteiger partial charge in [-0.05, 0) is 0 Å². The van der Waals surface area contributed by atoms with E-state index in [9.17, 15) is 18.0 Å². The Bertz CT molecular complexity index is 235. The Morgan fingerprint density at radius 1 is 1.58 bits per heavy atom. The van der Waals surface area contributed by atoms with Gasteiger partial charge in [0.25, 0.3) is 0 Å². The second-order valence-electron chi connectivity index (χ2n) is 1.75. The Labute approximate surface area is 70.7 Å². The molecule has 0 saturated heterocycles. The van der Waals surface area contributed by atoms with Crippen LogP contribution < -0.4 is 0 Å². The topological polar surface area (TPSA) is 50.1 Å². The van der Waals surface area contributed by atoms with Gasteiger partial charge in [0.05, 0.1) is 7.11 Å². The zero-order valence-electron chi connectivity index (χ0n) is 5.78. The molecule has 68 valence electrons. The second-order valence-corrected chi connectivity index (χ2v) is 2.27. The predicted octanol–water partition coefficient (Wildman–Crippen LogP) is 1.22. The molecule has 0 fully saturated rings. The van der Waals surface area contributed by atoms with Crippen LogP contribution in [0, 0.1) is 11.3 Å². The molecular formula is C5H3ClF3NO2. The van der Waals surface area contributed by atoms with Crippen LogP contribution in [0.2, 0.25) is 0 Å². The van der Waals surface area contributed by atoms with Crippen molar-refractivity contribution in [1.82, 2.24) is 0 Å². The fourth-order valence-corrected chi connectivity index (χ4v) is 0.446. The Balaban J connectivity index is 4.87. The van der Waals surface area contributed by atoms with E-state index in [2.05, 4.69) is 16.3 Å². The average Bonchev–Trinajstić information content (AvgIpc) is 2.02. The minimum absolute atomic E-state index is 0.256. The fourth-order valence-electron chi connectivity index (χ4n) is 0.327. The van der Waals surface area contributed by atoms with E-state index < -0.39 is 17.0 Å². The molecule has 0 N–H and O–H groups in total. The summed E-state index contributed by atoms with van der Waals surface area (Å²) < 4.78 is 40.6. The summed E-state index contributed by atoms with van der Waals surface area (Å²) in [5.41, 5.74) is 0. The van der Waals surface area contributed by atoms with Crippen molar-refractivity contribution in [3.63, 3.8) is 0 Å². The van der Waals surface area contributed by atoms with Crippen molar-refractivity contribution in [3.05, 3.63) is 0 Å². The van der Waals surface area contributed by atoms with E-state index in [1.54, 1.807) is 0 Å². The molecule has 0 aromatic heterocycles. The largest absolute Gasteiger partial charge is 0.465 e. The quantitative estimate of drug-likeness (QED) is 0.499. The molecule has 1 atom stereocenters. The lowest BCUT2D eigenvalue weighted by Gasteiger charge is -2.18. The summed E-state index contributed by atoms with van der Waals surface area (Å²) in [5.74, 6) is -6.61. The van der Waals surface area contributed by atoms with Crippen LogP contribution in [0.4, 0.5) is 13.2 Å². The molecule has 0 aromatic rings. The van der Waals surface area contributed by atoms with E-state index in [1.165, 1.54) is 0 Å². The van der Waals surface area contributed by atoms with Gasteiger partial charge in [0.1, 0.15) is 6.07 Å². The first-order chi connectivity index (χ1) is 5.29. The number of methoxy groups -OCH3 is 1. The minimum atomic E-state index is -4.61. The maximum Gasteiger partial charge on any atom is 0.390 e. The van der Waals surface area contributed by atoms with Crippen LogP contribution in [0.5, 0.6) is 0 Å². The van der Waals surface area contributed by atoms with E-state index >= 15 is 0 Å². The van der Waals surface area contributed by atoms with Crippen molar-refractivity contribution in [2.24, 2.45) is 0 Å². The zero-order valence-corrected chi connectivity index (χ0v) is 6.53. The first-order valence-electron chi connectivity index (χ1n) is 2.55. The predicted molar refractivity (Wildman–Crippen MR) is 32.3 cm³/mol. The summed E-state index contributed by atoms with van der Waals surface area (Å²) in [6.45, 7) is 0. The van der Waals surface area contributed by atoms with E-state index in [4.69, 9.17) is 5.26 Å². The summed E-state index contributed by atoms with van der Waals surface area (Å²) >= 11 is 4.46. The monoisotopic (exact) mass is 201 g/mol. The molecule has 12 heavy (non-hydrogen) atoms. The third-order valence-electron chi connectivity index (χ3n) is 0.977. The summed E-state index contributed by atoms with van der Waals surface area (Å²) in [4.78, 5) is 10.3. The Kier molecular flexibility index (Phi) is 2.93. The van der Waals surface area contributed by atoms with Gasteiger partial charge in [0, 0.05) is 0 Å². The number of nitrogens with zero attached hydrogens (tertiary/aromatic N) is 1. The molecule has 0 bridgehead atoms. The standard InChI is InChI=1S/C5H3ClF3NO2/c1-12-3(11)5(6,9)4(7,8)2-10/h1H3. The van der Waals surface area contributed by atoms with Gasteiger partial charge in [0.2, 0.25) is 0 Å². The molecule has 0 spiro atoms. The van der Waals surface area contributed by atoms with Crippen molar-refractivity contribution in [2.75, 3.05) is 7.11 Å². The number of rotatable bonds is 2. The van der Waals surface area contributed by atoms with Crippen LogP contribution in [-0.2, 0) is 9.53 Å². The number of hydrogen-bond acceptors (Lipinski definition) is 3. The van der Waals surface area contributed by atoms with Crippen LogP contribution in [0.15, 0.2) is 0 Å². The molecule has 1 unspecified atom stereocenters. The van der Waals surface area contributed by atoms with Gasteiger partial charge < -0.3 is 4.74 Å². The highest BCUT2D eigenvalue weighted by Crippen LogP contribution is 2.36. The van der Waals surface area contributed by atoms with Crippen LogP contribution >= 0.6 is 11.6 Å². The molecule has 0 heterocycles. The molecule has 7 heteroatoms. The highest BCUT2D eigenvalue weighted by molar-refractivity contribution is 6.33. The number of halogens is 4. The van der Waals surface area contributed by atoms with E-state index in [0.29, 0.717) is 7.11 Å². The van der Waals surface area contributed by atoms with Gasteiger partial charge in [-0.3, -0.25) is 0 Å². The van der Waals surface area contributed by atoms with Gasteiger partial charge in [0.15, 0.2) is 0 Å². The Hall–Kier alpha value is -0.960. The number of esters is 1. The number of alkyl halides is 4. The van der Waals surface area contributed by atoms with Gasteiger partial charge in [-0.15, -0.1) is 0 Å². The lowest BCUT2D eigenvalue weighted by Crippen LogP contribution is -2.45. The molecule has 0 rings (SSSR count).